The van der Waals surface area contributed by atoms with E-state index in [1.807, 2.05) is 30.5 Å². The molecule has 0 unspecified atom stereocenters. The molecule has 1 atom stereocenters. The standard InChI is InChI=1S/C25H30N2O3/c1-25(2)17-21(12-15-30-25)26-24(28)11-14-27-13-10-20-16-22(8-9-23(20)27)29-18-19-6-4-3-5-7-19/h3-10,13,16,21H,11-12,14-15,17-18H2,1-2H3,(H,26,28)/t21-/m0/s1. The van der Waals surface area contributed by atoms with Crippen molar-refractivity contribution in [3.05, 3.63) is 66.4 Å². The molecule has 0 bridgehead atoms. The van der Waals surface area contributed by atoms with Crippen LogP contribution in [0.15, 0.2) is 60.8 Å². The number of benzene rings is 2. The van der Waals surface area contributed by atoms with E-state index >= 15 is 0 Å². The molecular weight excluding hydrogens is 376 g/mol. The highest BCUT2D eigenvalue weighted by atomic mass is 16.5. The lowest BCUT2D eigenvalue weighted by atomic mass is 9.94. The van der Waals surface area contributed by atoms with Gasteiger partial charge in [0.15, 0.2) is 0 Å². The number of amides is 1. The number of carbonyl (C=O) groups excluding carboxylic acids is 1. The average Bonchev–Trinajstić information content (AvgIpc) is 3.13. The summed E-state index contributed by atoms with van der Waals surface area (Å²) < 4.78 is 13.8. The molecule has 2 aromatic carbocycles. The Morgan fingerprint density at radius 2 is 2.03 bits per heavy atom. The van der Waals surface area contributed by atoms with Crippen LogP contribution in [0.4, 0.5) is 0 Å². The van der Waals surface area contributed by atoms with E-state index in [1.165, 1.54) is 0 Å². The summed E-state index contributed by atoms with van der Waals surface area (Å²) >= 11 is 0. The van der Waals surface area contributed by atoms with Crippen molar-refractivity contribution in [2.24, 2.45) is 0 Å². The lowest BCUT2D eigenvalue weighted by Crippen LogP contribution is -2.45. The monoisotopic (exact) mass is 406 g/mol. The Hall–Kier alpha value is -2.79. The molecule has 4 rings (SSSR count). The van der Waals surface area contributed by atoms with E-state index in [9.17, 15) is 4.79 Å². The average molecular weight is 407 g/mol. The van der Waals surface area contributed by atoms with Crippen LogP contribution >= 0.6 is 0 Å². The number of ether oxygens (including phenoxy) is 2. The predicted molar refractivity (Wildman–Crippen MR) is 119 cm³/mol. The maximum atomic E-state index is 12.4. The number of aromatic nitrogens is 1. The number of carbonyl (C=O) groups is 1. The SMILES string of the molecule is CC1(C)C[C@@H](NC(=O)CCn2ccc3cc(OCc4ccccc4)ccc32)CCO1. The first-order chi connectivity index (χ1) is 14.5. The lowest BCUT2D eigenvalue weighted by molar-refractivity contribution is -0.124. The van der Waals surface area contributed by atoms with Gasteiger partial charge < -0.3 is 19.4 Å². The molecule has 1 aliphatic heterocycles. The molecular formula is C25H30N2O3. The van der Waals surface area contributed by atoms with Crippen LogP contribution in [-0.2, 0) is 22.7 Å². The molecule has 3 aromatic rings. The Balaban J connectivity index is 1.32. The minimum Gasteiger partial charge on any atom is -0.489 e. The quantitative estimate of drug-likeness (QED) is 0.620. The highest BCUT2D eigenvalue weighted by Crippen LogP contribution is 2.25. The number of nitrogens with zero attached hydrogens (tertiary/aromatic N) is 1. The summed E-state index contributed by atoms with van der Waals surface area (Å²) in [5.74, 6) is 0.950. The summed E-state index contributed by atoms with van der Waals surface area (Å²) in [6.07, 6.45) is 4.24. The summed E-state index contributed by atoms with van der Waals surface area (Å²) in [5.41, 5.74) is 2.10. The van der Waals surface area contributed by atoms with Crippen molar-refractivity contribution in [2.75, 3.05) is 6.61 Å². The smallest absolute Gasteiger partial charge is 0.222 e. The number of nitrogens with one attached hydrogen (secondary N) is 1. The molecule has 5 heteroatoms. The zero-order chi connectivity index (χ0) is 21.0. The van der Waals surface area contributed by atoms with Gasteiger partial charge in [0, 0.05) is 42.7 Å². The van der Waals surface area contributed by atoms with Crippen LogP contribution in [0.1, 0.15) is 38.7 Å². The molecule has 5 nitrogen and oxygen atoms in total. The summed E-state index contributed by atoms with van der Waals surface area (Å²) in [5, 5.41) is 4.29. The molecule has 1 saturated heterocycles. The van der Waals surface area contributed by atoms with E-state index in [2.05, 4.69) is 54.1 Å². The van der Waals surface area contributed by atoms with E-state index in [0.717, 1.165) is 35.1 Å². The molecule has 1 aliphatic rings. The maximum Gasteiger partial charge on any atom is 0.222 e. The molecule has 1 fully saturated rings. The van der Waals surface area contributed by atoms with Crippen molar-refractivity contribution in [3.63, 3.8) is 0 Å². The minimum atomic E-state index is -0.160. The van der Waals surface area contributed by atoms with Crippen LogP contribution in [0.3, 0.4) is 0 Å². The first-order valence-corrected chi connectivity index (χ1v) is 10.7. The molecule has 30 heavy (non-hydrogen) atoms. The Bertz CT molecular complexity index is 994. The number of hydrogen-bond donors (Lipinski definition) is 1. The van der Waals surface area contributed by atoms with E-state index in [4.69, 9.17) is 9.47 Å². The van der Waals surface area contributed by atoms with Gasteiger partial charge in [-0.2, -0.15) is 0 Å². The second-order valence-electron chi connectivity index (χ2n) is 8.62. The molecule has 1 amide bonds. The first kappa shape index (κ1) is 20.5. The molecule has 0 saturated carbocycles. The van der Waals surface area contributed by atoms with Gasteiger partial charge in [-0.25, -0.2) is 0 Å². The highest BCUT2D eigenvalue weighted by molar-refractivity contribution is 5.82. The van der Waals surface area contributed by atoms with Crippen molar-refractivity contribution in [1.29, 1.82) is 0 Å². The van der Waals surface area contributed by atoms with Crippen molar-refractivity contribution < 1.29 is 14.3 Å². The Kier molecular flexibility index (Phi) is 6.09. The van der Waals surface area contributed by atoms with Crippen molar-refractivity contribution in [1.82, 2.24) is 9.88 Å². The first-order valence-electron chi connectivity index (χ1n) is 10.7. The number of rotatable bonds is 7. The zero-order valence-corrected chi connectivity index (χ0v) is 17.8. The van der Waals surface area contributed by atoms with E-state index < -0.39 is 0 Å². The molecule has 1 N–H and O–H groups in total. The Morgan fingerprint density at radius 1 is 1.20 bits per heavy atom. The summed E-state index contributed by atoms with van der Waals surface area (Å²) in [7, 11) is 0. The van der Waals surface area contributed by atoms with E-state index in [1.54, 1.807) is 0 Å². The maximum absolute atomic E-state index is 12.4. The molecule has 0 spiro atoms. The third-order valence-corrected chi connectivity index (χ3v) is 5.63. The summed E-state index contributed by atoms with van der Waals surface area (Å²) in [4.78, 5) is 12.4. The lowest BCUT2D eigenvalue weighted by Gasteiger charge is -2.35. The van der Waals surface area contributed by atoms with Gasteiger partial charge in [0.05, 0.1) is 5.60 Å². The van der Waals surface area contributed by atoms with Crippen molar-refractivity contribution in [2.45, 2.75) is 57.9 Å². The second-order valence-corrected chi connectivity index (χ2v) is 8.62. The predicted octanol–water partition coefficient (Wildman–Crippen LogP) is 4.68. The number of aryl methyl sites for hydroxylation is 1. The van der Waals surface area contributed by atoms with Crippen molar-refractivity contribution in [3.8, 4) is 5.75 Å². The van der Waals surface area contributed by atoms with Gasteiger partial charge in [-0.3, -0.25) is 4.79 Å². The topological polar surface area (TPSA) is 52.5 Å². The van der Waals surface area contributed by atoms with Crippen molar-refractivity contribution >= 4 is 16.8 Å². The summed E-state index contributed by atoms with van der Waals surface area (Å²) in [6, 6.07) is 18.5. The Labute approximate surface area is 178 Å². The highest BCUT2D eigenvalue weighted by Gasteiger charge is 2.29. The molecule has 0 radical (unpaired) electrons. The molecule has 2 heterocycles. The van der Waals surface area contributed by atoms with Crippen LogP contribution in [0.2, 0.25) is 0 Å². The van der Waals surface area contributed by atoms with Crippen LogP contribution < -0.4 is 10.1 Å². The van der Waals surface area contributed by atoms with Gasteiger partial charge >= 0.3 is 0 Å². The van der Waals surface area contributed by atoms with Crippen LogP contribution in [-0.4, -0.2) is 28.7 Å². The van der Waals surface area contributed by atoms with Gasteiger partial charge in [-0.05, 0) is 56.5 Å². The Morgan fingerprint density at radius 3 is 2.83 bits per heavy atom. The summed E-state index contributed by atoms with van der Waals surface area (Å²) in [6.45, 7) is 6.07. The van der Waals surface area contributed by atoms with E-state index in [-0.39, 0.29) is 17.6 Å². The van der Waals surface area contributed by atoms with E-state index in [0.29, 0.717) is 26.2 Å². The van der Waals surface area contributed by atoms with Gasteiger partial charge in [0.25, 0.3) is 0 Å². The fraction of sp³-hybridized carbons (Fsp3) is 0.400. The van der Waals surface area contributed by atoms with Gasteiger partial charge in [-0.15, -0.1) is 0 Å². The van der Waals surface area contributed by atoms with Gasteiger partial charge in [-0.1, -0.05) is 30.3 Å². The molecule has 158 valence electrons. The fourth-order valence-corrected chi connectivity index (χ4v) is 4.08. The second kappa shape index (κ2) is 8.92. The third kappa shape index (κ3) is 5.22. The van der Waals surface area contributed by atoms with Gasteiger partial charge in [0.2, 0.25) is 5.91 Å². The van der Waals surface area contributed by atoms with Crippen LogP contribution in [0, 0.1) is 0 Å². The minimum absolute atomic E-state index is 0.0994. The fourth-order valence-electron chi connectivity index (χ4n) is 4.08. The number of hydrogen-bond acceptors (Lipinski definition) is 3. The number of fused-ring (bicyclic) bond motifs is 1. The third-order valence-electron chi connectivity index (χ3n) is 5.63. The van der Waals surface area contributed by atoms with Gasteiger partial charge in [0.1, 0.15) is 12.4 Å². The zero-order valence-electron chi connectivity index (χ0n) is 17.8. The normalized spacial score (nSPS) is 18.3. The van der Waals surface area contributed by atoms with Crippen LogP contribution in [0.25, 0.3) is 10.9 Å². The molecule has 0 aliphatic carbocycles. The largest absolute Gasteiger partial charge is 0.489 e. The van der Waals surface area contributed by atoms with Crippen LogP contribution in [0.5, 0.6) is 5.75 Å². The molecule has 1 aromatic heterocycles.